The van der Waals surface area contributed by atoms with Gasteiger partial charge in [0.05, 0.1) is 22.3 Å². The highest BCUT2D eigenvalue weighted by Gasteiger charge is 2.16. The van der Waals surface area contributed by atoms with Crippen LogP contribution >= 0.6 is 11.6 Å². The quantitative estimate of drug-likeness (QED) is 0.866. The highest BCUT2D eigenvalue weighted by molar-refractivity contribution is 6.31. The van der Waals surface area contributed by atoms with Gasteiger partial charge in [0.2, 0.25) is 0 Å². The SMILES string of the molecule is CCn1nc(C)c(Cl)c1CCC(C)C(=O)O. The molecule has 1 N–H and O–H groups in total. The third kappa shape index (κ3) is 2.76. The van der Waals surface area contributed by atoms with Crippen molar-refractivity contribution in [3.8, 4) is 0 Å². The fraction of sp³-hybridized carbons (Fsp3) is 0.636. The van der Waals surface area contributed by atoms with Crippen LogP contribution in [0.4, 0.5) is 0 Å². The maximum Gasteiger partial charge on any atom is 0.306 e. The van der Waals surface area contributed by atoms with Gasteiger partial charge in [0, 0.05) is 6.54 Å². The first-order valence-electron chi connectivity index (χ1n) is 5.42. The molecule has 0 aromatic carbocycles. The van der Waals surface area contributed by atoms with E-state index >= 15 is 0 Å². The van der Waals surface area contributed by atoms with Crippen molar-refractivity contribution in [3.05, 3.63) is 16.4 Å². The summed E-state index contributed by atoms with van der Waals surface area (Å²) >= 11 is 6.12. The molecule has 4 nitrogen and oxygen atoms in total. The van der Waals surface area contributed by atoms with E-state index in [0.717, 1.165) is 17.9 Å². The summed E-state index contributed by atoms with van der Waals surface area (Å²) in [4.78, 5) is 10.7. The molecule has 16 heavy (non-hydrogen) atoms. The standard InChI is InChI=1S/C11H17ClN2O2/c1-4-14-9(10(12)8(3)13-14)6-5-7(2)11(15)16/h7H,4-6H2,1-3H3,(H,15,16). The van der Waals surface area contributed by atoms with E-state index in [1.165, 1.54) is 0 Å². The second kappa shape index (κ2) is 5.34. The van der Waals surface area contributed by atoms with Gasteiger partial charge in [-0.3, -0.25) is 9.48 Å². The normalized spacial score (nSPS) is 12.8. The Morgan fingerprint density at radius 1 is 1.62 bits per heavy atom. The van der Waals surface area contributed by atoms with Crippen molar-refractivity contribution < 1.29 is 9.90 Å². The Bertz CT molecular complexity index is 388. The van der Waals surface area contributed by atoms with E-state index in [4.69, 9.17) is 16.7 Å². The van der Waals surface area contributed by atoms with E-state index in [-0.39, 0.29) is 5.92 Å². The van der Waals surface area contributed by atoms with Gasteiger partial charge in [-0.15, -0.1) is 0 Å². The lowest BCUT2D eigenvalue weighted by atomic mass is 10.0. The maximum atomic E-state index is 10.7. The van der Waals surface area contributed by atoms with Crippen LogP contribution in [0, 0.1) is 12.8 Å². The number of rotatable bonds is 5. The van der Waals surface area contributed by atoms with Crippen molar-refractivity contribution in [1.29, 1.82) is 0 Å². The molecule has 1 unspecified atom stereocenters. The predicted molar refractivity (Wildman–Crippen MR) is 62.8 cm³/mol. The molecule has 1 rings (SSSR count). The number of carbonyl (C=O) groups is 1. The van der Waals surface area contributed by atoms with Crippen LogP contribution in [0.1, 0.15) is 31.7 Å². The van der Waals surface area contributed by atoms with E-state index in [1.807, 2.05) is 18.5 Å². The van der Waals surface area contributed by atoms with Gasteiger partial charge < -0.3 is 5.11 Å². The number of halogens is 1. The van der Waals surface area contributed by atoms with E-state index in [1.54, 1.807) is 6.92 Å². The molecule has 1 heterocycles. The number of nitrogens with zero attached hydrogens (tertiary/aromatic N) is 2. The van der Waals surface area contributed by atoms with Crippen LogP contribution in [-0.2, 0) is 17.8 Å². The number of hydrogen-bond donors (Lipinski definition) is 1. The molecule has 1 aromatic rings. The summed E-state index contributed by atoms with van der Waals surface area (Å²) in [6.45, 7) is 6.31. The fourth-order valence-corrected chi connectivity index (χ4v) is 1.81. The van der Waals surface area contributed by atoms with E-state index in [2.05, 4.69) is 5.10 Å². The highest BCUT2D eigenvalue weighted by atomic mass is 35.5. The second-order valence-electron chi connectivity index (χ2n) is 3.94. The zero-order valence-electron chi connectivity index (χ0n) is 9.83. The zero-order valence-corrected chi connectivity index (χ0v) is 10.6. The lowest BCUT2D eigenvalue weighted by Crippen LogP contribution is -2.12. The molecule has 0 aliphatic carbocycles. The lowest BCUT2D eigenvalue weighted by molar-refractivity contribution is -0.141. The van der Waals surface area contributed by atoms with Crippen molar-refractivity contribution in [3.63, 3.8) is 0 Å². The Labute approximate surface area is 100 Å². The van der Waals surface area contributed by atoms with E-state index in [0.29, 0.717) is 17.9 Å². The molecule has 0 aliphatic heterocycles. The van der Waals surface area contributed by atoms with Crippen molar-refractivity contribution in [2.75, 3.05) is 0 Å². The second-order valence-corrected chi connectivity index (χ2v) is 4.32. The number of carboxylic acid groups (broad SMARTS) is 1. The maximum absolute atomic E-state index is 10.7. The molecule has 0 bridgehead atoms. The molecular formula is C11H17ClN2O2. The van der Waals surface area contributed by atoms with Gasteiger partial charge in [-0.2, -0.15) is 5.10 Å². The first-order chi connectivity index (χ1) is 7.47. The number of aryl methyl sites for hydroxylation is 2. The minimum Gasteiger partial charge on any atom is -0.481 e. The zero-order chi connectivity index (χ0) is 12.3. The average molecular weight is 245 g/mol. The number of aromatic nitrogens is 2. The summed E-state index contributed by atoms with van der Waals surface area (Å²) < 4.78 is 1.84. The van der Waals surface area contributed by atoms with Crippen molar-refractivity contribution in [1.82, 2.24) is 9.78 Å². The molecular weight excluding hydrogens is 228 g/mol. The third-order valence-corrected chi connectivity index (χ3v) is 3.18. The molecule has 0 saturated heterocycles. The summed E-state index contributed by atoms with van der Waals surface area (Å²) in [6, 6.07) is 0. The third-order valence-electron chi connectivity index (χ3n) is 2.69. The molecule has 5 heteroatoms. The minimum atomic E-state index is -0.768. The van der Waals surface area contributed by atoms with Gasteiger partial charge in [-0.1, -0.05) is 18.5 Å². The Kier molecular flexibility index (Phi) is 4.35. The minimum absolute atomic E-state index is 0.350. The first kappa shape index (κ1) is 13.0. The van der Waals surface area contributed by atoms with Crippen LogP contribution in [0.25, 0.3) is 0 Å². The van der Waals surface area contributed by atoms with Crippen LogP contribution < -0.4 is 0 Å². The highest BCUT2D eigenvalue weighted by Crippen LogP contribution is 2.22. The van der Waals surface area contributed by atoms with Crippen molar-refractivity contribution >= 4 is 17.6 Å². The Morgan fingerprint density at radius 3 is 2.75 bits per heavy atom. The number of carboxylic acids is 1. The Morgan fingerprint density at radius 2 is 2.25 bits per heavy atom. The molecule has 0 spiro atoms. The molecule has 1 atom stereocenters. The molecule has 1 aromatic heterocycles. The van der Waals surface area contributed by atoms with Gasteiger partial charge in [-0.25, -0.2) is 0 Å². The summed E-state index contributed by atoms with van der Waals surface area (Å²) in [6.07, 6.45) is 1.24. The van der Waals surface area contributed by atoms with Crippen LogP contribution in [0.15, 0.2) is 0 Å². The van der Waals surface area contributed by atoms with Crippen LogP contribution in [0.5, 0.6) is 0 Å². The van der Waals surface area contributed by atoms with Crippen LogP contribution in [-0.4, -0.2) is 20.9 Å². The van der Waals surface area contributed by atoms with Crippen LogP contribution in [0.2, 0.25) is 5.02 Å². The van der Waals surface area contributed by atoms with Gasteiger partial charge in [0.15, 0.2) is 0 Å². The predicted octanol–water partition coefficient (Wildman–Crippen LogP) is 2.52. The Hall–Kier alpha value is -1.03. The summed E-state index contributed by atoms with van der Waals surface area (Å²) in [5.41, 5.74) is 1.75. The van der Waals surface area contributed by atoms with Gasteiger partial charge in [0.25, 0.3) is 0 Å². The molecule has 0 fully saturated rings. The molecule has 0 radical (unpaired) electrons. The lowest BCUT2D eigenvalue weighted by Gasteiger charge is -2.08. The molecule has 90 valence electrons. The first-order valence-corrected chi connectivity index (χ1v) is 5.79. The summed E-state index contributed by atoms with van der Waals surface area (Å²) in [7, 11) is 0. The van der Waals surface area contributed by atoms with Gasteiger partial charge >= 0.3 is 5.97 Å². The topological polar surface area (TPSA) is 55.1 Å². The Balaban J connectivity index is 2.76. The largest absolute Gasteiger partial charge is 0.481 e. The molecule has 0 saturated carbocycles. The van der Waals surface area contributed by atoms with E-state index < -0.39 is 5.97 Å². The summed E-state index contributed by atoms with van der Waals surface area (Å²) in [5, 5.41) is 13.8. The van der Waals surface area contributed by atoms with Crippen molar-refractivity contribution in [2.24, 2.45) is 5.92 Å². The molecule has 0 aliphatic rings. The van der Waals surface area contributed by atoms with Crippen LogP contribution in [0.3, 0.4) is 0 Å². The monoisotopic (exact) mass is 244 g/mol. The van der Waals surface area contributed by atoms with Crippen molar-refractivity contribution in [2.45, 2.75) is 40.2 Å². The summed E-state index contributed by atoms with van der Waals surface area (Å²) in [5.74, 6) is -1.12. The van der Waals surface area contributed by atoms with Gasteiger partial charge in [0.1, 0.15) is 0 Å². The average Bonchev–Trinajstić information content (AvgIpc) is 2.51. The fourth-order valence-electron chi connectivity index (χ4n) is 1.58. The number of hydrogen-bond acceptors (Lipinski definition) is 2. The molecule has 0 amide bonds. The van der Waals surface area contributed by atoms with Gasteiger partial charge in [-0.05, 0) is 26.7 Å². The number of aliphatic carboxylic acids is 1. The van der Waals surface area contributed by atoms with E-state index in [9.17, 15) is 4.79 Å². The smallest absolute Gasteiger partial charge is 0.306 e.